The maximum atomic E-state index is 12.5. The number of aromatic amines is 1. The Bertz CT molecular complexity index is 992. The predicted octanol–water partition coefficient (Wildman–Crippen LogP) is 4.41. The Morgan fingerprint density at radius 2 is 1.81 bits per heavy atom. The normalized spacial score (nSPS) is 11.0. The number of benzene rings is 2. The first kappa shape index (κ1) is 17.6. The van der Waals surface area contributed by atoms with Crippen LogP contribution in [0.1, 0.15) is 17.3 Å². The lowest BCUT2D eigenvalue weighted by Gasteiger charge is -2.00. The zero-order valence-corrected chi connectivity index (χ0v) is 14.6. The predicted molar refractivity (Wildman–Crippen MR) is 98.0 cm³/mol. The topological polar surface area (TPSA) is 88.8 Å². The highest BCUT2D eigenvalue weighted by Gasteiger charge is 2.13. The SMILES string of the molecule is CCOC(=O)c1ccc(N=Nc2c(Cl)[nH]n(-c3ccccc3)c2=O)cc1. The number of hydrogen-bond acceptors (Lipinski definition) is 5. The van der Waals surface area contributed by atoms with Crippen LogP contribution in [0.25, 0.3) is 5.69 Å². The maximum absolute atomic E-state index is 12.5. The summed E-state index contributed by atoms with van der Waals surface area (Å²) in [5.41, 5.74) is 1.12. The van der Waals surface area contributed by atoms with Crippen molar-refractivity contribution in [3.8, 4) is 5.69 Å². The van der Waals surface area contributed by atoms with Crippen molar-refractivity contribution in [3.63, 3.8) is 0 Å². The van der Waals surface area contributed by atoms with E-state index in [1.807, 2.05) is 18.2 Å². The Labute approximate surface area is 153 Å². The first-order valence-corrected chi connectivity index (χ1v) is 8.23. The number of hydrogen-bond donors (Lipinski definition) is 1. The molecule has 0 aliphatic heterocycles. The van der Waals surface area contributed by atoms with Crippen LogP contribution < -0.4 is 5.56 Å². The van der Waals surface area contributed by atoms with Gasteiger partial charge in [0.2, 0.25) is 0 Å². The van der Waals surface area contributed by atoms with Crippen molar-refractivity contribution in [2.75, 3.05) is 6.61 Å². The highest BCUT2D eigenvalue weighted by atomic mass is 35.5. The number of nitrogens with zero attached hydrogens (tertiary/aromatic N) is 3. The molecule has 0 saturated heterocycles. The summed E-state index contributed by atoms with van der Waals surface area (Å²) in [6.07, 6.45) is 0. The van der Waals surface area contributed by atoms with Crippen molar-refractivity contribution in [2.45, 2.75) is 6.92 Å². The molecule has 26 heavy (non-hydrogen) atoms. The second kappa shape index (κ2) is 7.79. The largest absolute Gasteiger partial charge is 0.462 e. The van der Waals surface area contributed by atoms with E-state index in [0.717, 1.165) is 0 Å². The van der Waals surface area contributed by atoms with E-state index in [0.29, 0.717) is 23.5 Å². The summed E-state index contributed by atoms with van der Waals surface area (Å²) in [4.78, 5) is 24.1. The standard InChI is InChI=1S/C18H15ClN4O3/c1-2-26-18(25)12-8-10-13(11-9-12)20-21-15-16(19)22-23(17(15)24)14-6-4-3-5-7-14/h3-11,22H,2H2,1H3. The smallest absolute Gasteiger partial charge is 0.338 e. The lowest BCUT2D eigenvalue weighted by atomic mass is 10.2. The van der Waals surface area contributed by atoms with Crippen LogP contribution in [0.15, 0.2) is 69.6 Å². The molecule has 3 rings (SSSR count). The zero-order chi connectivity index (χ0) is 18.5. The van der Waals surface area contributed by atoms with Gasteiger partial charge in [-0.05, 0) is 43.3 Å². The maximum Gasteiger partial charge on any atom is 0.338 e. The highest BCUT2D eigenvalue weighted by Crippen LogP contribution is 2.23. The van der Waals surface area contributed by atoms with Gasteiger partial charge in [0.05, 0.1) is 23.5 Å². The molecule has 0 atom stereocenters. The molecule has 1 N–H and O–H groups in total. The number of aromatic nitrogens is 2. The molecule has 2 aromatic carbocycles. The monoisotopic (exact) mass is 370 g/mol. The number of rotatable bonds is 5. The van der Waals surface area contributed by atoms with Crippen molar-refractivity contribution in [2.24, 2.45) is 10.2 Å². The molecule has 0 unspecified atom stereocenters. The van der Waals surface area contributed by atoms with E-state index in [-0.39, 0.29) is 10.8 Å². The van der Waals surface area contributed by atoms with Gasteiger partial charge in [0.25, 0.3) is 0 Å². The van der Waals surface area contributed by atoms with Crippen LogP contribution in [0.4, 0.5) is 11.4 Å². The molecular weight excluding hydrogens is 356 g/mol. The number of ether oxygens (including phenoxy) is 1. The molecule has 0 saturated carbocycles. The fraction of sp³-hybridized carbons (Fsp3) is 0.111. The van der Waals surface area contributed by atoms with Crippen LogP contribution in [-0.2, 0) is 4.74 Å². The van der Waals surface area contributed by atoms with Crippen molar-refractivity contribution in [1.29, 1.82) is 0 Å². The molecule has 132 valence electrons. The molecular formula is C18H15ClN4O3. The zero-order valence-electron chi connectivity index (χ0n) is 13.8. The van der Waals surface area contributed by atoms with Crippen molar-refractivity contribution in [3.05, 3.63) is 75.7 Å². The van der Waals surface area contributed by atoms with Gasteiger partial charge < -0.3 is 4.74 Å². The van der Waals surface area contributed by atoms with Crippen molar-refractivity contribution >= 4 is 28.9 Å². The fourth-order valence-corrected chi connectivity index (χ4v) is 2.44. The van der Waals surface area contributed by atoms with E-state index in [9.17, 15) is 9.59 Å². The van der Waals surface area contributed by atoms with Gasteiger partial charge in [0, 0.05) is 0 Å². The van der Waals surface area contributed by atoms with Crippen LogP contribution in [0.3, 0.4) is 0 Å². The molecule has 0 aliphatic carbocycles. The minimum atomic E-state index is -0.409. The number of carbonyl (C=O) groups is 1. The number of halogens is 1. The van der Waals surface area contributed by atoms with Gasteiger partial charge >= 0.3 is 11.5 Å². The lowest BCUT2D eigenvalue weighted by Crippen LogP contribution is -2.13. The summed E-state index contributed by atoms with van der Waals surface area (Å²) in [7, 11) is 0. The van der Waals surface area contributed by atoms with E-state index in [1.165, 1.54) is 4.68 Å². The second-order valence-corrected chi connectivity index (χ2v) is 5.60. The molecule has 0 bridgehead atoms. The molecule has 3 aromatic rings. The summed E-state index contributed by atoms with van der Waals surface area (Å²) < 4.78 is 6.21. The van der Waals surface area contributed by atoms with Gasteiger partial charge in [-0.3, -0.25) is 9.89 Å². The molecule has 0 aliphatic rings. The number of H-pyrrole nitrogens is 1. The van der Waals surface area contributed by atoms with Crippen LogP contribution in [-0.4, -0.2) is 22.4 Å². The first-order chi connectivity index (χ1) is 12.6. The minimum absolute atomic E-state index is 0.00462. The van der Waals surface area contributed by atoms with Crippen LogP contribution in [0, 0.1) is 0 Å². The average molecular weight is 371 g/mol. The number of azo groups is 1. The third-order valence-corrected chi connectivity index (χ3v) is 3.75. The molecule has 0 radical (unpaired) electrons. The summed E-state index contributed by atoms with van der Waals surface area (Å²) >= 11 is 6.08. The second-order valence-electron chi connectivity index (χ2n) is 5.22. The average Bonchev–Trinajstić information content (AvgIpc) is 2.95. The Hall–Kier alpha value is -3.19. The van der Waals surface area contributed by atoms with Crippen LogP contribution in [0.2, 0.25) is 5.15 Å². The number of carbonyl (C=O) groups excluding carboxylic acids is 1. The third kappa shape index (κ3) is 3.73. The third-order valence-electron chi connectivity index (χ3n) is 3.48. The van der Waals surface area contributed by atoms with Crippen LogP contribution >= 0.6 is 11.6 Å². The van der Waals surface area contributed by atoms with E-state index < -0.39 is 11.5 Å². The molecule has 0 spiro atoms. The Morgan fingerprint density at radius 1 is 1.12 bits per heavy atom. The van der Waals surface area contributed by atoms with Crippen LogP contribution in [0.5, 0.6) is 0 Å². The molecule has 0 fully saturated rings. The molecule has 7 nitrogen and oxygen atoms in total. The van der Waals surface area contributed by atoms with Gasteiger partial charge in [-0.1, -0.05) is 29.8 Å². The molecule has 1 aromatic heterocycles. The summed E-state index contributed by atoms with van der Waals surface area (Å²) in [6, 6.07) is 15.4. The van der Waals surface area contributed by atoms with Gasteiger partial charge in [-0.2, -0.15) is 5.11 Å². The quantitative estimate of drug-likeness (QED) is 0.532. The van der Waals surface area contributed by atoms with E-state index >= 15 is 0 Å². The molecule has 8 heteroatoms. The molecule has 0 amide bonds. The summed E-state index contributed by atoms with van der Waals surface area (Å²) in [5, 5.41) is 10.8. The lowest BCUT2D eigenvalue weighted by molar-refractivity contribution is 0.0526. The van der Waals surface area contributed by atoms with E-state index in [4.69, 9.17) is 16.3 Å². The first-order valence-electron chi connectivity index (χ1n) is 7.85. The Morgan fingerprint density at radius 3 is 2.46 bits per heavy atom. The summed E-state index contributed by atoms with van der Waals surface area (Å²) in [6.45, 7) is 2.04. The fourth-order valence-electron chi connectivity index (χ4n) is 2.23. The van der Waals surface area contributed by atoms with Gasteiger partial charge in [0.15, 0.2) is 10.8 Å². The minimum Gasteiger partial charge on any atom is -0.462 e. The van der Waals surface area contributed by atoms with Crippen molar-refractivity contribution in [1.82, 2.24) is 9.78 Å². The van der Waals surface area contributed by atoms with Gasteiger partial charge in [-0.25, -0.2) is 9.48 Å². The van der Waals surface area contributed by atoms with E-state index in [1.54, 1.807) is 43.3 Å². The Balaban J connectivity index is 1.84. The van der Waals surface area contributed by atoms with E-state index in [2.05, 4.69) is 15.3 Å². The number of esters is 1. The number of para-hydroxylation sites is 1. The number of nitrogens with one attached hydrogen (secondary N) is 1. The van der Waals surface area contributed by atoms with Gasteiger partial charge in [0.1, 0.15) is 0 Å². The van der Waals surface area contributed by atoms with Gasteiger partial charge in [-0.15, -0.1) is 5.11 Å². The summed E-state index contributed by atoms with van der Waals surface area (Å²) in [5.74, 6) is -0.407. The Kier molecular flexibility index (Phi) is 5.28. The highest BCUT2D eigenvalue weighted by molar-refractivity contribution is 6.31. The molecule has 1 heterocycles. The van der Waals surface area contributed by atoms with Crippen molar-refractivity contribution < 1.29 is 9.53 Å².